The van der Waals surface area contributed by atoms with Crippen LogP contribution in [0.15, 0.2) is 127 Å². The number of anilines is 3. The second kappa shape index (κ2) is 12.5. The Morgan fingerprint density at radius 3 is 1.48 bits per heavy atom. The fourth-order valence-corrected chi connectivity index (χ4v) is 6.87. The normalized spacial score (nSPS) is 13.1. The van der Waals surface area contributed by atoms with E-state index < -0.39 is 34.9 Å². The number of aromatic nitrogens is 2. The summed E-state index contributed by atoms with van der Waals surface area (Å²) >= 11 is 0. The summed E-state index contributed by atoms with van der Waals surface area (Å²) < 4.78 is 84.8. The smallest absolute Gasteiger partial charge is 0.194 e. The van der Waals surface area contributed by atoms with Gasteiger partial charge in [-0.3, -0.25) is 0 Å². The van der Waals surface area contributed by atoms with Crippen LogP contribution in [0.1, 0.15) is 25.0 Å². The van der Waals surface area contributed by atoms with Gasteiger partial charge in [-0.25, -0.2) is 36.3 Å². The van der Waals surface area contributed by atoms with Crippen LogP contribution < -0.4 is 4.90 Å². The molecule has 0 amide bonds. The van der Waals surface area contributed by atoms with Crippen molar-refractivity contribution in [3.63, 3.8) is 0 Å². The Labute approximate surface area is 295 Å². The van der Waals surface area contributed by atoms with E-state index in [0.29, 0.717) is 5.56 Å². The maximum absolute atomic E-state index is 14.3. The Balaban J connectivity index is 1.20. The zero-order chi connectivity index (χ0) is 36.3. The average molecular weight is 700 g/mol. The fourth-order valence-electron chi connectivity index (χ4n) is 6.87. The van der Waals surface area contributed by atoms with Crippen molar-refractivity contribution in [1.29, 1.82) is 0 Å². The summed E-state index contributed by atoms with van der Waals surface area (Å²) in [6.07, 6.45) is 0. The zero-order valence-corrected chi connectivity index (χ0v) is 27.7. The second-order valence-electron chi connectivity index (χ2n) is 13.1. The lowest BCUT2D eigenvalue weighted by molar-refractivity contribution is 0.447. The molecule has 1 aliphatic rings. The fraction of sp³-hybridized carbons (Fsp3) is 0.0698. The lowest BCUT2D eigenvalue weighted by Gasteiger charge is -2.42. The van der Waals surface area contributed by atoms with Gasteiger partial charge in [0.05, 0.1) is 22.8 Å². The minimum absolute atomic E-state index is 0.0528. The molecule has 0 spiro atoms. The molecule has 0 radical (unpaired) electrons. The topological polar surface area (TPSA) is 29.0 Å². The van der Waals surface area contributed by atoms with Gasteiger partial charge in [0.1, 0.15) is 0 Å². The lowest BCUT2D eigenvalue weighted by Crippen LogP contribution is -2.30. The van der Waals surface area contributed by atoms with E-state index >= 15 is 0 Å². The summed E-state index contributed by atoms with van der Waals surface area (Å²) in [4.78, 5) is 11.0. The van der Waals surface area contributed by atoms with Crippen molar-refractivity contribution in [2.24, 2.45) is 0 Å². The minimum Gasteiger partial charge on any atom is -0.310 e. The van der Waals surface area contributed by atoms with Gasteiger partial charge >= 0.3 is 0 Å². The number of nitrogens with zero attached hydrogens (tertiary/aromatic N) is 3. The molecule has 7 aromatic rings. The molecule has 0 aliphatic carbocycles. The predicted octanol–water partition coefficient (Wildman–Crippen LogP) is 12.1. The van der Waals surface area contributed by atoms with Gasteiger partial charge < -0.3 is 4.90 Å². The molecule has 3 nitrogen and oxygen atoms in total. The van der Waals surface area contributed by atoms with E-state index in [1.807, 2.05) is 48.5 Å². The third kappa shape index (κ3) is 5.58. The molecule has 1 aliphatic heterocycles. The van der Waals surface area contributed by atoms with Gasteiger partial charge in [0.15, 0.2) is 40.7 Å². The van der Waals surface area contributed by atoms with Crippen LogP contribution in [0.25, 0.3) is 45.0 Å². The van der Waals surface area contributed by atoms with Crippen molar-refractivity contribution in [3.8, 4) is 45.0 Å². The van der Waals surface area contributed by atoms with Crippen LogP contribution in [0.3, 0.4) is 0 Å². The highest BCUT2D eigenvalue weighted by Gasteiger charge is 2.36. The minimum atomic E-state index is -1.67. The average Bonchev–Trinajstić information content (AvgIpc) is 3.16. The summed E-state index contributed by atoms with van der Waals surface area (Å²) in [6, 6.07) is 36.6. The largest absolute Gasteiger partial charge is 0.310 e. The maximum atomic E-state index is 14.3. The number of rotatable bonds is 5. The van der Waals surface area contributed by atoms with E-state index in [4.69, 9.17) is 0 Å². The van der Waals surface area contributed by atoms with Gasteiger partial charge in [-0.15, -0.1) is 0 Å². The molecule has 256 valence electrons. The number of hydrogen-bond donors (Lipinski definition) is 0. The molecule has 0 bridgehead atoms. The molecular formula is C43H27F6N3. The van der Waals surface area contributed by atoms with E-state index in [1.165, 1.54) is 17.2 Å². The highest BCUT2D eigenvalue weighted by Crippen LogP contribution is 2.51. The standard InChI is InChI=1S/C43H27F6N3/c1-43(2)30-10-3-5-12-38(30)52(39-13-6-4-11-31(39)43)29-16-14-24(15-17-29)25-8-7-9-26(18-25)36-23-37(27-19-32(44)40(48)33(45)20-27)51-42(50-36)28-21-34(46)41(49)35(47)22-28/h3-23H,1-2H3. The van der Waals surface area contributed by atoms with Crippen molar-refractivity contribution < 1.29 is 26.3 Å². The van der Waals surface area contributed by atoms with Crippen LogP contribution in [0, 0.1) is 34.9 Å². The Kier molecular flexibility index (Phi) is 7.94. The van der Waals surface area contributed by atoms with Crippen LogP contribution in [0.4, 0.5) is 43.4 Å². The molecule has 0 fully saturated rings. The van der Waals surface area contributed by atoms with Crippen molar-refractivity contribution in [2.75, 3.05) is 4.90 Å². The van der Waals surface area contributed by atoms with Gasteiger partial charge in [-0.1, -0.05) is 80.6 Å². The molecule has 52 heavy (non-hydrogen) atoms. The SMILES string of the molecule is CC1(C)c2ccccc2N(c2ccc(-c3cccc(-c4cc(-c5cc(F)c(F)c(F)c5)nc(-c5cc(F)c(F)c(F)c5)n4)c3)cc2)c2ccccc21. The van der Waals surface area contributed by atoms with Crippen LogP contribution in [0.2, 0.25) is 0 Å². The van der Waals surface area contributed by atoms with Crippen molar-refractivity contribution in [3.05, 3.63) is 173 Å². The molecule has 0 saturated heterocycles. The summed E-state index contributed by atoms with van der Waals surface area (Å²) in [6.45, 7) is 4.46. The second-order valence-corrected chi connectivity index (χ2v) is 13.1. The quantitative estimate of drug-likeness (QED) is 0.132. The highest BCUT2D eigenvalue weighted by molar-refractivity contribution is 5.86. The van der Waals surface area contributed by atoms with Crippen LogP contribution in [-0.2, 0) is 5.41 Å². The monoisotopic (exact) mass is 699 g/mol. The molecule has 0 unspecified atom stereocenters. The molecule has 0 N–H and O–H groups in total. The summed E-state index contributed by atoms with van der Waals surface area (Å²) in [5.74, 6) is -9.38. The first-order valence-corrected chi connectivity index (χ1v) is 16.4. The summed E-state index contributed by atoms with van der Waals surface area (Å²) in [7, 11) is 0. The number of para-hydroxylation sites is 2. The molecular weight excluding hydrogens is 672 g/mol. The van der Waals surface area contributed by atoms with E-state index in [0.717, 1.165) is 52.5 Å². The van der Waals surface area contributed by atoms with Crippen molar-refractivity contribution >= 4 is 17.1 Å². The lowest BCUT2D eigenvalue weighted by atomic mass is 9.73. The van der Waals surface area contributed by atoms with Crippen LogP contribution in [-0.4, -0.2) is 9.97 Å². The molecule has 0 saturated carbocycles. The van der Waals surface area contributed by atoms with Gasteiger partial charge in [0, 0.05) is 27.8 Å². The van der Waals surface area contributed by atoms with Gasteiger partial charge in [-0.2, -0.15) is 0 Å². The zero-order valence-electron chi connectivity index (χ0n) is 27.7. The van der Waals surface area contributed by atoms with E-state index in [2.05, 4.69) is 65.1 Å². The first-order valence-electron chi connectivity index (χ1n) is 16.4. The van der Waals surface area contributed by atoms with Crippen molar-refractivity contribution in [2.45, 2.75) is 19.3 Å². The van der Waals surface area contributed by atoms with Crippen LogP contribution >= 0.6 is 0 Å². The Hall–Kier alpha value is -6.22. The van der Waals surface area contributed by atoms with E-state index in [-0.39, 0.29) is 33.8 Å². The molecule has 6 aromatic carbocycles. The van der Waals surface area contributed by atoms with Gasteiger partial charge in [0.2, 0.25) is 0 Å². The van der Waals surface area contributed by atoms with E-state index in [9.17, 15) is 26.3 Å². The van der Waals surface area contributed by atoms with Gasteiger partial charge in [0.25, 0.3) is 0 Å². The Morgan fingerprint density at radius 1 is 0.442 bits per heavy atom. The Bertz CT molecular complexity index is 2360. The molecule has 8 rings (SSSR count). The molecule has 2 heterocycles. The molecule has 0 atom stereocenters. The first kappa shape index (κ1) is 33.0. The predicted molar refractivity (Wildman–Crippen MR) is 190 cm³/mol. The molecule has 1 aromatic heterocycles. The number of halogens is 6. The number of hydrogen-bond acceptors (Lipinski definition) is 3. The first-order chi connectivity index (χ1) is 25.0. The molecule has 9 heteroatoms. The number of fused-ring (bicyclic) bond motifs is 2. The third-order valence-electron chi connectivity index (χ3n) is 9.50. The van der Waals surface area contributed by atoms with Crippen molar-refractivity contribution in [1.82, 2.24) is 9.97 Å². The van der Waals surface area contributed by atoms with Gasteiger partial charge in [-0.05, 0) is 82.9 Å². The maximum Gasteiger partial charge on any atom is 0.194 e. The van der Waals surface area contributed by atoms with Crippen LogP contribution in [0.5, 0.6) is 0 Å². The highest BCUT2D eigenvalue weighted by atomic mass is 19.2. The number of benzene rings is 6. The summed E-state index contributed by atoms with van der Waals surface area (Å²) in [5.41, 5.74) is 7.46. The summed E-state index contributed by atoms with van der Waals surface area (Å²) in [5, 5.41) is 0. The third-order valence-corrected chi connectivity index (χ3v) is 9.50. The Morgan fingerprint density at radius 2 is 0.923 bits per heavy atom. The van der Waals surface area contributed by atoms with E-state index in [1.54, 1.807) is 12.1 Å².